The quantitative estimate of drug-likeness (QED) is 0.929. The minimum atomic E-state index is 0.459. The van der Waals surface area contributed by atoms with Crippen molar-refractivity contribution in [2.45, 2.75) is 54.1 Å². The number of hydrogen-bond donors (Lipinski definition) is 1. The number of nitrogens with one attached hydrogen (secondary N) is 1. The van der Waals surface area contributed by atoms with E-state index in [4.69, 9.17) is 0 Å². The zero-order valence-corrected chi connectivity index (χ0v) is 13.2. The van der Waals surface area contributed by atoms with Gasteiger partial charge in [0.1, 0.15) is 5.82 Å². The number of rotatable bonds is 4. The van der Waals surface area contributed by atoms with E-state index in [1.807, 2.05) is 31.5 Å². The van der Waals surface area contributed by atoms with Crippen molar-refractivity contribution in [1.82, 2.24) is 25.1 Å². The van der Waals surface area contributed by atoms with Crippen LogP contribution in [0.4, 0.5) is 0 Å². The monoisotopic (exact) mass is 273 g/mol. The summed E-state index contributed by atoms with van der Waals surface area (Å²) in [6, 6.07) is 2.42. The number of hydrogen-bond acceptors (Lipinski definition) is 4. The standard InChI is InChI=1S/C15H23N5/c1-9(2)16-8-14-11(4)19-20(12(14)5)15-7-10(3)17-13(6)18-15/h7,9,16H,8H2,1-6H3. The van der Waals surface area contributed by atoms with Crippen LogP contribution in [0.2, 0.25) is 0 Å². The van der Waals surface area contributed by atoms with Crippen LogP contribution in [0, 0.1) is 27.7 Å². The van der Waals surface area contributed by atoms with Crippen molar-refractivity contribution in [3.8, 4) is 5.82 Å². The Kier molecular flexibility index (Phi) is 4.18. The van der Waals surface area contributed by atoms with Crippen LogP contribution in [-0.4, -0.2) is 25.8 Å². The second-order valence-electron chi connectivity index (χ2n) is 5.51. The smallest absolute Gasteiger partial charge is 0.157 e. The molecule has 0 radical (unpaired) electrons. The van der Waals surface area contributed by atoms with E-state index in [9.17, 15) is 0 Å². The third-order valence-electron chi connectivity index (χ3n) is 3.30. The largest absolute Gasteiger partial charge is 0.310 e. The molecule has 0 aromatic carbocycles. The minimum Gasteiger partial charge on any atom is -0.310 e. The zero-order chi connectivity index (χ0) is 14.9. The van der Waals surface area contributed by atoms with Crippen LogP contribution in [0.3, 0.4) is 0 Å². The number of nitrogens with zero attached hydrogens (tertiary/aromatic N) is 4. The lowest BCUT2D eigenvalue weighted by Crippen LogP contribution is -2.22. The fraction of sp³-hybridized carbons (Fsp3) is 0.533. The molecule has 2 rings (SSSR count). The van der Waals surface area contributed by atoms with Crippen LogP contribution in [0.15, 0.2) is 6.07 Å². The molecular formula is C15H23N5. The van der Waals surface area contributed by atoms with E-state index in [1.165, 1.54) is 5.56 Å². The van der Waals surface area contributed by atoms with Crippen molar-refractivity contribution < 1.29 is 0 Å². The van der Waals surface area contributed by atoms with Gasteiger partial charge in [0.2, 0.25) is 0 Å². The summed E-state index contributed by atoms with van der Waals surface area (Å²) in [5, 5.41) is 8.07. The summed E-state index contributed by atoms with van der Waals surface area (Å²) >= 11 is 0. The van der Waals surface area contributed by atoms with Gasteiger partial charge in [0.05, 0.1) is 5.69 Å². The van der Waals surface area contributed by atoms with E-state index >= 15 is 0 Å². The molecule has 0 bridgehead atoms. The maximum absolute atomic E-state index is 4.63. The van der Waals surface area contributed by atoms with E-state index in [0.717, 1.165) is 35.3 Å². The first-order valence-electron chi connectivity index (χ1n) is 6.99. The Morgan fingerprint density at radius 1 is 1.15 bits per heavy atom. The van der Waals surface area contributed by atoms with Gasteiger partial charge in [-0.15, -0.1) is 0 Å². The Morgan fingerprint density at radius 2 is 1.85 bits per heavy atom. The summed E-state index contributed by atoms with van der Waals surface area (Å²) in [7, 11) is 0. The molecule has 0 aliphatic rings. The van der Waals surface area contributed by atoms with Gasteiger partial charge in [-0.2, -0.15) is 5.10 Å². The van der Waals surface area contributed by atoms with Gasteiger partial charge in [-0.25, -0.2) is 14.6 Å². The summed E-state index contributed by atoms with van der Waals surface area (Å²) in [5.74, 6) is 1.61. The molecule has 0 atom stereocenters. The molecule has 0 unspecified atom stereocenters. The second-order valence-corrected chi connectivity index (χ2v) is 5.51. The lowest BCUT2D eigenvalue weighted by Gasteiger charge is -2.09. The first kappa shape index (κ1) is 14.7. The molecule has 2 heterocycles. The SMILES string of the molecule is Cc1cc(-n2nc(C)c(CNC(C)C)c2C)nc(C)n1. The summed E-state index contributed by atoms with van der Waals surface area (Å²) < 4.78 is 1.91. The van der Waals surface area contributed by atoms with Gasteiger partial charge in [0, 0.05) is 35.6 Å². The molecule has 0 spiro atoms. The highest BCUT2D eigenvalue weighted by Crippen LogP contribution is 2.17. The lowest BCUT2D eigenvalue weighted by atomic mass is 10.2. The zero-order valence-electron chi connectivity index (χ0n) is 13.2. The van der Waals surface area contributed by atoms with Crippen molar-refractivity contribution in [2.24, 2.45) is 0 Å². The summed E-state index contributed by atoms with van der Waals surface area (Å²) in [6.45, 7) is 13.1. The summed E-state index contributed by atoms with van der Waals surface area (Å²) in [4.78, 5) is 8.80. The predicted octanol–water partition coefficient (Wildman–Crippen LogP) is 2.39. The molecule has 20 heavy (non-hydrogen) atoms. The highest BCUT2D eigenvalue weighted by Gasteiger charge is 2.14. The van der Waals surface area contributed by atoms with E-state index in [1.54, 1.807) is 0 Å². The normalized spacial score (nSPS) is 11.3. The molecule has 0 saturated carbocycles. The van der Waals surface area contributed by atoms with Crippen molar-refractivity contribution in [3.05, 3.63) is 34.5 Å². The van der Waals surface area contributed by atoms with Gasteiger partial charge in [0.25, 0.3) is 0 Å². The van der Waals surface area contributed by atoms with Crippen molar-refractivity contribution in [2.75, 3.05) is 0 Å². The highest BCUT2D eigenvalue weighted by atomic mass is 15.3. The molecule has 1 N–H and O–H groups in total. The average molecular weight is 273 g/mol. The molecule has 2 aromatic heterocycles. The fourth-order valence-corrected chi connectivity index (χ4v) is 2.27. The van der Waals surface area contributed by atoms with E-state index in [0.29, 0.717) is 6.04 Å². The molecule has 0 amide bonds. The molecule has 5 heteroatoms. The van der Waals surface area contributed by atoms with E-state index in [2.05, 4.69) is 41.2 Å². The average Bonchev–Trinajstić information content (AvgIpc) is 2.61. The highest BCUT2D eigenvalue weighted by molar-refractivity contribution is 5.33. The van der Waals surface area contributed by atoms with Crippen LogP contribution in [0.5, 0.6) is 0 Å². The first-order chi connectivity index (χ1) is 9.38. The van der Waals surface area contributed by atoms with Crippen molar-refractivity contribution in [1.29, 1.82) is 0 Å². The molecule has 0 aliphatic heterocycles. The number of aryl methyl sites for hydroxylation is 3. The molecule has 0 fully saturated rings. The Labute approximate surface area is 120 Å². The number of aromatic nitrogens is 4. The Hall–Kier alpha value is -1.75. The topological polar surface area (TPSA) is 55.6 Å². The third-order valence-corrected chi connectivity index (χ3v) is 3.30. The first-order valence-corrected chi connectivity index (χ1v) is 6.99. The van der Waals surface area contributed by atoms with Gasteiger partial charge < -0.3 is 5.32 Å². The lowest BCUT2D eigenvalue weighted by molar-refractivity contribution is 0.586. The predicted molar refractivity (Wildman–Crippen MR) is 80.1 cm³/mol. The van der Waals surface area contributed by atoms with Gasteiger partial charge in [-0.1, -0.05) is 13.8 Å². The van der Waals surface area contributed by atoms with Gasteiger partial charge in [0.15, 0.2) is 5.82 Å². The Bertz CT molecular complexity index is 593. The van der Waals surface area contributed by atoms with Crippen LogP contribution < -0.4 is 5.32 Å². The van der Waals surface area contributed by atoms with Crippen molar-refractivity contribution >= 4 is 0 Å². The molecule has 5 nitrogen and oxygen atoms in total. The third kappa shape index (κ3) is 3.04. The summed E-state index contributed by atoms with van der Waals surface area (Å²) in [5.41, 5.74) is 4.38. The van der Waals surface area contributed by atoms with E-state index in [-0.39, 0.29) is 0 Å². The molecule has 108 valence electrons. The maximum Gasteiger partial charge on any atom is 0.157 e. The molecule has 0 aliphatic carbocycles. The molecule has 2 aromatic rings. The van der Waals surface area contributed by atoms with Gasteiger partial charge >= 0.3 is 0 Å². The van der Waals surface area contributed by atoms with Crippen molar-refractivity contribution in [3.63, 3.8) is 0 Å². The van der Waals surface area contributed by atoms with Gasteiger partial charge in [-0.05, 0) is 27.7 Å². The van der Waals surface area contributed by atoms with Gasteiger partial charge in [-0.3, -0.25) is 0 Å². The minimum absolute atomic E-state index is 0.459. The van der Waals surface area contributed by atoms with Crippen LogP contribution in [0.25, 0.3) is 5.82 Å². The van der Waals surface area contributed by atoms with E-state index < -0.39 is 0 Å². The maximum atomic E-state index is 4.63. The molecule has 0 saturated heterocycles. The van der Waals surface area contributed by atoms with Crippen LogP contribution in [-0.2, 0) is 6.54 Å². The fourth-order valence-electron chi connectivity index (χ4n) is 2.27. The molecular weight excluding hydrogens is 250 g/mol. The Morgan fingerprint density at radius 3 is 2.45 bits per heavy atom. The van der Waals surface area contributed by atoms with Crippen LogP contribution >= 0.6 is 0 Å². The summed E-state index contributed by atoms with van der Waals surface area (Å²) in [6.07, 6.45) is 0. The Balaban J connectivity index is 2.40. The van der Waals surface area contributed by atoms with Crippen LogP contribution in [0.1, 0.15) is 42.3 Å². The second kappa shape index (κ2) is 5.71.